The van der Waals surface area contributed by atoms with Crippen molar-refractivity contribution in [3.63, 3.8) is 0 Å². The zero-order valence-corrected chi connectivity index (χ0v) is 16.3. The molecule has 2 aliphatic heterocycles. The molecule has 1 aliphatic carbocycles. The van der Waals surface area contributed by atoms with E-state index in [9.17, 15) is 10.1 Å². The number of carbonyl (C=O) groups is 1. The molecule has 0 saturated carbocycles. The monoisotopic (exact) mass is 388 g/mol. The Morgan fingerprint density at radius 1 is 1.14 bits per heavy atom. The van der Waals surface area contributed by atoms with Crippen molar-refractivity contribution in [1.29, 1.82) is 5.26 Å². The van der Waals surface area contributed by atoms with Crippen molar-refractivity contribution in [3.05, 3.63) is 65.2 Å². The largest absolute Gasteiger partial charge is 0.454 e. The fourth-order valence-electron chi connectivity index (χ4n) is 4.33. The minimum atomic E-state index is -0.501. The van der Waals surface area contributed by atoms with Crippen molar-refractivity contribution >= 4 is 11.7 Å². The van der Waals surface area contributed by atoms with E-state index in [4.69, 9.17) is 14.2 Å². The third-order valence-electron chi connectivity index (χ3n) is 5.60. The van der Waals surface area contributed by atoms with Gasteiger partial charge in [-0.3, -0.25) is 9.36 Å². The summed E-state index contributed by atoms with van der Waals surface area (Å²) in [4.78, 5) is 13.2. The van der Waals surface area contributed by atoms with Gasteiger partial charge < -0.3 is 14.2 Å². The fourth-order valence-corrected chi connectivity index (χ4v) is 4.33. The number of benzene rings is 1. The third-order valence-corrected chi connectivity index (χ3v) is 5.60. The molecular formula is C23H20N2O4. The molecule has 146 valence electrons. The van der Waals surface area contributed by atoms with Crippen LogP contribution in [0.1, 0.15) is 38.2 Å². The second kappa shape index (κ2) is 6.28. The SMILES string of the molecule is CC1(C)CC(=O)C2=C(C1)OC(n1cccc1)=C(C#N)C2c1ccc2c(c1)OCO2. The van der Waals surface area contributed by atoms with Crippen molar-refractivity contribution in [2.45, 2.75) is 32.6 Å². The van der Waals surface area contributed by atoms with Crippen molar-refractivity contribution in [2.75, 3.05) is 6.79 Å². The Labute approximate surface area is 168 Å². The maximum atomic E-state index is 13.2. The van der Waals surface area contributed by atoms with Gasteiger partial charge in [0.05, 0.1) is 5.92 Å². The first-order valence-electron chi connectivity index (χ1n) is 9.58. The van der Waals surface area contributed by atoms with Gasteiger partial charge in [-0.2, -0.15) is 5.26 Å². The summed E-state index contributed by atoms with van der Waals surface area (Å²) in [5.41, 5.74) is 1.61. The van der Waals surface area contributed by atoms with Crippen LogP contribution in [0.25, 0.3) is 5.88 Å². The number of ether oxygens (including phenoxy) is 3. The Bertz CT molecular complexity index is 1120. The number of nitrogens with zero attached hydrogens (tertiary/aromatic N) is 2. The lowest BCUT2D eigenvalue weighted by Gasteiger charge is -2.38. The van der Waals surface area contributed by atoms with Crippen molar-refractivity contribution in [1.82, 2.24) is 4.57 Å². The molecule has 6 heteroatoms. The number of Topliss-reactive ketones (excluding diaryl/α,β-unsaturated/α-hetero) is 1. The van der Waals surface area contributed by atoms with E-state index in [0.717, 1.165) is 5.56 Å². The Morgan fingerprint density at radius 2 is 1.90 bits per heavy atom. The Morgan fingerprint density at radius 3 is 2.66 bits per heavy atom. The van der Waals surface area contributed by atoms with Crippen LogP contribution in [0.4, 0.5) is 0 Å². The summed E-state index contributed by atoms with van der Waals surface area (Å²) in [5.74, 6) is 1.91. The Kier molecular flexibility index (Phi) is 3.82. The normalized spacial score (nSPS) is 22.2. The molecule has 1 unspecified atom stereocenters. The first-order valence-corrected chi connectivity index (χ1v) is 9.58. The zero-order valence-electron chi connectivity index (χ0n) is 16.3. The highest BCUT2D eigenvalue weighted by molar-refractivity contribution is 6.00. The number of hydrogen-bond donors (Lipinski definition) is 0. The molecular weight excluding hydrogens is 368 g/mol. The molecule has 29 heavy (non-hydrogen) atoms. The Hall–Kier alpha value is -3.46. The molecule has 1 aromatic heterocycles. The van der Waals surface area contributed by atoms with Crippen LogP contribution in [-0.2, 0) is 9.53 Å². The predicted molar refractivity (Wildman–Crippen MR) is 105 cm³/mol. The van der Waals surface area contributed by atoms with Crippen molar-refractivity contribution in [2.24, 2.45) is 5.41 Å². The molecule has 0 bridgehead atoms. The molecule has 0 saturated heterocycles. The Balaban J connectivity index is 1.72. The van der Waals surface area contributed by atoms with Crippen LogP contribution in [0.5, 0.6) is 11.5 Å². The molecule has 5 rings (SSSR count). The van der Waals surface area contributed by atoms with Crippen LogP contribution in [0.3, 0.4) is 0 Å². The lowest BCUT2D eigenvalue weighted by molar-refractivity contribution is -0.118. The summed E-state index contributed by atoms with van der Waals surface area (Å²) in [6, 6.07) is 11.6. The van der Waals surface area contributed by atoms with Gasteiger partial charge in [0.1, 0.15) is 17.4 Å². The average molecular weight is 388 g/mol. The smallest absolute Gasteiger partial charge is 0.231 e. The second-order valence-electron chi connectivity index (χ2n) is 8.35. The van der Waals surface area contributed by atoms with E-state index >= 15 is 0 Å². The number of ketones is 1. The number of nitriles is 1. The van der Waals surface area contributed by atoms with Gasteiger partial charge in [-0.25, -0.2) is 0 Å². The lowest BCUT2D eigenvalue weighted by atomic mass is 9.70. The quantitative estimate of drug-likeness (QED) is 0.764. The van der Waals surface area contributed by atoms with Gasteiger partial charge in [0, 0.05) is 30.8 Å². The van der Waals surface area contributed by atoms with Gasteiger partial charge in [0.25, 0.3) is 0 Å². The van der Waals surface area contributed by atoms with Crippen LogP contribution in [0.2, 0.25) is 0 Å². The number of allylic oxidation sites excluding steroid dienone is 3. The topological polar surface area (TPSA) is 73.5 Å². The van der Waals surface area contributed by atoms with E-state index in [0.29, 0.717) is 47.1 Å². The zero-order chi connectivity index (χ0) is 20.2. The molecule has 0 fully saturated rings. The fraction of sp³-hybridized carbons (Fsp3) is 0.304. The van der Waals surface area contributed by atoms with Gasteiger partial charge in [-0.05, 0) is 35.2 Å². The van der Waals surface area contributed by atoms with Gasteiger partial charge in [-0.1, -0.05) is 19.9 Å². The number of rotatable bonds is 2. The maximum Gasteiger partial charge on any atom is 0.231 e. The first kappa shape index (κ1) is 17.6. The highest BCUT2D eigenvalue weighted by Crippen LogP contribution is 2.50. The number of fused-ring (bicyclic) bond motifs is 1. The molecule has 0 amide bonds. The number of carbonyl (C=O) groups excluding carboxylic acids is 1. The summed E-state index contributed by atoms with van der Waals surface area (Å²) < 4.78 is 19.0. The first-order chi connectivity index (χ1) is 14.0. The summed E-state index contributed by atoms with van der Waals surface area (Å²) >= 11 is 0. The lowest BCUT2D eigenvalue weighted by Crippen LogP contribution is -2.32. The van der Waals surface area contributed by atoms with Gasteiger partial charge in [-0.15, -0.1) is 0 Å². The van der Waals surface area contributed by atoms with E-state index < -0.39 is 5.92 Å². The van der Waals surface area contributed by atoms with Crippen LogP contribution < -0.4 is 9.47 Å². The van der Waals surface area contributed by atoms with E-state index in [1.165, 1.54) is 0 Å². The number of aromatic nitrogens is 1. The van der Waals surface area contributed by atoms with Crippen molar-refractivity contribution < 1.29 is 19.0 Å². The van der Waals surface area contributed by atoms with Crippen LogP contribution in [-0.4, -0.2) is 17.1 Å². The molecule has 0 radical (unpaired) electrons. The third kappa shape index (κ3) is 2.82. The second-order valence-corrected chi connectivity index (χ2v) is 8.35. The van der Waals surface area contributed by atoms with Gasteiger partial charge in [0.15, 0.2) is 17.3 Å². The molecule has 1 aromatic carbocycles. The molecule has 0 spiro atoms. The molecule has 0 N–H and O–H groups in total. The molecule has 3 aliphatic rings. The highest BCUT2D eigenvalue weighted by atomic mass is 16.7. The van der Waals surface area contributed by atoms with Crippen LogP contribution in [0.15, 0.2) is 59.6 Å². The molecule has 2 aromatic rings. The van der Waals surface area contributed by atoms with E-state index in [2.05, 4.69) is 19.9 Å². The standard InChI is InChI=1S/C23H20N2O4/c1-23(2)10-16(26)21-19(11-23)29-22(25-7-3-4-8-25)15(12-24)20(21)14-5-6-17-18(9-14)28-13-27-17/h3-9,20H,10-11,13H2,1-2H3. The minimum absolute atomic E-state index is 0.0261. The van der Waals surface area contributed by atoms with Crippen LogP contribution in [0, 0.1) is 16.7 Å². The molecule has 6 nitrogen and oxygen atoms in total. The van der Waals surface area contributed by atoms with E-state index in [1.54, 1.807) is 4.57 Å². The maximum absolute atomic E-state index is 13.2. The van der Waals surface area contributed by atoms with E-state index in [1.807, 2.05) is 42.7 Å². The minimum Gasteiger partial charge on any atom is -0.454 e. The van der Waals surface area contributed by atoms with Gasteiger partial charge in [0.2, 0.25) is 12.7 Å². The number of hydrogen-bond acceptors (Lipinski definition) is 5. The summed E-state index contributed by atoms with van der Waals surface area (Å²) in [5, 5.41) is 10.1. The predicted octanol–water partition coefficient (Wildman–Crippen LogP) is 4.37. The summed E-state index contributed by atoms with van der Waals surface area (Å²) in [7, 11) is 0. The molecule has 3 heterocycles. The van der Waals surface area contributed by atoms with Crippen molar-refractivity contribution in [3.8, 4) is 17.6 Å². The highest BCUT2D eigenvalue weighted by Gasteiger charge is 2.44. The van der Waals surface area contributed by atoms with Crippen LogP contribution >= 0.6 is 0 Å². The summed E-state index contributed by atoms with van der Waals surface area (Å²) in [6.45, 7) is 4.29. The average Bonchev–Trinajstić information content (AvgIpc) is 3.36. The molecule has 1 atom stereocenters. The summed E-state index contributed by atoms with van der Waals surface area (Å²) in [6.07, 6.45) is 4.74. The van der Waals surface area contributed by atoms with Gasteiger partial charge >= 0.3 is 0 Å². The van der Waals surface area contributed by atoms with E-state index in [-0.39, 0.29) is 18.0 Å².